The number of hydrogen-bond donors (Lipinski definition) is 3. The Morgan fingerprint density at radius 3 is 2.95 bits per heavy atom. The molecule has 0 saturated carbocycles. The maximum absolute atomic E-state index is 11.5. The SMILES string of the molecule is CC(O)CNC(=O)CCNc1ncnc2ccccc12. The lowest BCUT2D eigenvalue weighted by molar-refractivity contribution is -0.121. The van der Waals surface area contributed by atoms with Gasteiger partial charge in [-0.2, -0.15) is 0 Å². The quantitative estimate of drug-likeness (QED) is 0.729. The molecule has 0 fully saturated rings. The lowest BCUT2D eigenvalue weighted by Gasteiger charge is -2.09. The fraction of sp³-hybridized carbons (Fsp3) is 0.357. The lowest BCUT2D eigenvalue weighted by Crippen LogP contribution is -2.31. The topological polar surface area (TPSA) is 87.1 Å². The van der Waals surface area contributed by atoms with Gasteiger partial charge in [0.1, 0.15) is 12.1 Å². The number of hydrogen-bond acceptors (Lipinski definition) is 5. The molecule has 0 aliphatic carbocycles. The average Bonchev–Trinajstić information content (AvgIpc) is 2.45. The van der Waals surface area contributed by atoms with Crippen LogP contribution < -0.4 is 10.6 Å². The van der Waals surface area contributed by atoms with Crippen LogP contribution >= 0.6 is 0 Å². The van der Waals surface area contributed by atoms with Crippen LogP contribution in [0.15, 0.2) is 30.6 Å². The summed E-state index contributed by atoms with van der Waals surface area (Å²) in [6.45, 7) is 2.38. The Morgan fingerprint density at radius 2 is 2.15 bits per heavy atom. The summed E-state index contributed by atoms with van der Waals surface area (Å²) in [5, 5.41) is 15.8. The molecular formula is C14H18N4O2. The number of para-hydroxylation sites is 1. The predicted molar refractivity (Wildman–Crippen MR) is 77.3 cm³/mol. The second-order valence-electron chi connectivity index (χ2n) is 4.57. The van der Waals surface area contributed by atoms with Crippen LogP contribution in [-0.2, 0) is 4.79 Å². The summed E-state index contributed by atoms with van der Waals surface area (Å²) in [6, 6.07) is 7.69. The van der Waals surface area contributed by atoms with Gasteiger partial charge in [0.2, 0.25) is 5.91 Å². The molecule has 0 radical (unpaired) electrons. The molecule has 6 heteroatoms. The minimum atomic E-state index is -0.530. The van der Waals surface area contributed by atoms with E-state index < -0.39 is 6.10 Å². The number of carbonyl (C=O) groups is 1. The Labute approximate surface area is 117 Å². The largest absolute Gasteiger partial charge is 0.392 e. The summed E-state index contributed by atoms with van der Waals surface area (Å²) in [7, 11) is 0. The number of amides is 1. The molecule has 3 N–H and O–H groups in total. The first-order chi connectivity index (χ1) is 9.66. The van der Waals surface area contributed by atoms with Crippen LogP contribution in [0, 0.1) is 0 Å². The number of rotatable bonds is 6. The van der Waals surface area contributed by atoms with Gasteiger partial charge in [-0.25, -0.2) is 9.97 Å². The molecule has 1 atom stereocenters. The van der Waals surface area contributed by atoms with Crippen molar-refractivity contribution in [1.29, 1.82) is 0 Å². The van der Waals surface area contributed by atoms with Gasteiger partial charge in [0, 0.05) is 24.9 Å². The number of benzene rings is 1. The summed E-state index contributed by atoms with van der Waals surface area (Å²) in [6.07, 6.45) is 1.29. The van der Waals surface area contributed by atoms with Gasteiger partial charge < -0.3 is 15.7 Å². The number of aliphatic hydroxyl groups excluding tert-OH is 1. The summed E-state index contributed by atoms with van der Waals surface area (Å²) in [5.41, 5.74) is 0.864. The molecule has 0 aliphatic rings. The first-order valence-electron chi connectivity index (χ1n) is 6.55. The number of anilines is 1. The predicted octanol–water partition coefficient (Wildman–Crippen LogP) is 0.929. The van der Waals surface area contributed by atoms with Gasteiger partial charge >= 0.3 is 0 Å². The molecule has 1 aromatic carbocycles. The van der Waals surface area contributed by atoms with Crippen LogP contribution in [0.25, 0.3) is 10.9 Å². The van der Waals surface area contributed by atoms with Gasteiger partial charge in [-0.3, -0.25) is 4.79 Å². The first-order valence-corrected chi connectivity index (χ1v) is 6.55. The zero-order valence-corrected chi connectivity index (χ0v) is 11.3. The highest BCUT2D eigenvalue weighted by molar-refractivity contribution is 5.88. The van der Waals surface area contributed by atoms with Gasteiger partial charge in [-0.05, 0) is 19.1 Å². The molecule has 0 aliphatic heterocycles. The van der Waals surface area contributed by atoms with Crippen molar-refractivity contribution in [2.75, 3.05) is 18.4 Å². The Bertz CT molecular complexity index is 581. The number of carbonyl (C=O) groups excluding carboxylic acids is 1. The Morgan fingerprint density at radius 1 is 1.35 bits per heavy atom. The fourth-order valence-corrected chi connectivity index (χ4v) is 1.79. The third-order valence-corrected chi connectivity index (χ3v) is 2.78. The second kappa shape index (κ2) is 6.81. The van der Waals surface area contributed by atoms with E-state index in [1.165, 1.54) is 6.33 Å². The van der Waals surface area contributed by atoms with Crippen LogP contribution in [0.3, 0.4) is 0 Å². The molecule has 0 bridgehead atoms. The molecule has 106 valence electrons. The van der Waals surface area contributed by atoms with Crippen LogP contribution in [0.2, 0.25) is 0 Å². The Balaban J connectivity index is 1.88. The van der Waals surface area contributed by atoms with Crippen molar-refractivity contribution in [3.8, 4) is 0 Å². The van der Waals surface area contributed by atoms with Crippen LogP contribution in [-0.4, -0.2) is 40.2 Å². The van der Waals surface area contributed by atoms with E-state index in [4.69, 9.17) is 5.11 Å². The highest BCUT2D eigenvalue weighted by atomic mass is 16.3. The maximum Gasteiger partial charge on any atom is 0.221 e. The van der Waals surface area contributed by atoms with Crippen molar-refractivity contribution < 1.29 is 9.90 Å². The lowest BCUT2D eigenvalue weighted by atomic mass is 10.2. The van der Waals surface area contributed by atoms with Crippen molar-refractivity contribution in [3.63, 3.8) is 0 Å². The van der Waals surface area contributed by atoms with Crippen LogP contribution in [0.4, 0.5) is 5.82 Å². The number of nitrogens with zero attached hydrogens (tertiary/aromatic N) is 2. The van der Waals surface area contributed by atoms with Gasteiger partial charge in [0.05, 0.1) is 11.6 Å². The number of aromatic nitrogens is 2. The fourth-order valence-electron chi connectivity index (χ4n) is 1.79. The maximum atomic E-state index is 11.5. The highest BCUT2D eigenvalue weighted by Gasteiger charge is 2.05. The number of fused-ring (bicyclic) bond motifs is 1. The minimum absolute atomic E-state index is 0.100. The molecule has 1 aromatic heterocycles. The smallest absolute Gasteiger partial charge is 0.221 e. The van der Waals surface area contributed by atoms with Crippen molar-refractivity contribution in [1.82, 2.24) is 15.3 Å². The van der Waals surface area contributed by atoms with E-state index in [2.05, 4.69) is 20.6 Å². The molecule has 20 heavy (non-hydrogen) atoms. The Kier molecular flexibility index (Phi) is 4.84. The summed E-state index contributed by atoms with van der Waals surface area (Å²) in [5.74, 6) is 0.621. The minimum Gasteiger partial charge on any atom is -0.392 e. The second-order valence-corrected chi connectivity index (χ2v) is 4.57. The molecule has 0 spiro atoms. The van der Waals surface area contributed by atoms with E-state index in [1.807, 2.05) is 24.3 Å². The third-order valence-electron chi connectivity index (χ3n) is 2.78. The zero-order chi connectivity index (χ0) is 14.4. The van der Waals surface area contributed by atoms with Crippen molar-refractivity contribution in [3.05, 3.63) is 30.6 Å². The van der Waals surface area contributed by atoms with Crippen molar-refractivity contribution >= 4 is 22.6 Å². The van der Waals surface area contributed by atoms with Crippen molar-refractivity contribution in [2.24, 2.45) is 0 Å². The Hall–Kier alpha value is -2.21. The van der Waals surface area contributed by atoms with Crippen LogP contribution in [0.5, 0.6) is 0 Å². The van der Waals surface area contributed by atoms with Gasteiger partial charge in [0.25, 0.3) is 0 Å². The molecule has 1 unspecified atom stereocenters. The molecule has 1 amide bonds. The molecular weight excluding hydrogens is 256 g/mol. The third kappa shape index (κ3) is 3.89. The standard InChI is InChI=1S/C14H18N4O2/c1-10(19)8-16-13(20)6-7-15-14-11-4-2-3-5-12(11)17-9-18-14/h2-5,9-10,19H,6-8H2,1H3,(H,16,20)(H,15,17,18). The van der Waals surface area contributed by atoms with Gasteiger partial charge in [-0.15, -0.1) is 0 Å². The van der Waals surface area contributed by atoms with E-state index in [-0.39, 0.29) is 12.5 Å². The molecule has 2 aromatic rings. The molecule has 6 nitrogen and oxygen atoms in total. The van der Waals surface area contributed by atoms with E-state index in [9.17, 15) is 4.79 Å². The van der Waals surface area contributed by atoms with Crippen molar-refractivity contribution in [2.45, 2.75) is 19.4 Å². The van der Waals surface area contributed by atoms with E-state index in [0.29, 0.717) is 13.0 Å². The number of nitrogens with one attached hydrogen (secondary N) is 2. The van der Waals surface area contributed by atoms with Crippen LogP contribution in [0.1, 0.15) is 13.3 Å². The highest BCUT2D eigenvalue weighted by Crippen LogP contribution is 2.17. The van der Waals surface area contributed by atoms with E-state index >= 15 is 0 Å². The summed E-state index contributed by atoms with van der Waals surface area (Å²) < 4.78 is 0. The van der Waals surface area contributed by atoms with Gasteiger partial charge in [-0.1, -0.05) is 12.1 Å². The zero-order valence-electron chi connectivity index (χ0n) is 11.3. The summed E-state index contributed by atoms with van der Waals surface area (Å²) in [4.78, 5) is 19.9. The van der Waals surface area contributed by atoms with Gasteiger partial charge in [0.15, 0.2) is 0 Å². The molecule has 0 saturated heterocycles. The number of aliphatic hydroxyl groups is 1. The monoisotopic (exact) mass is 274 g/mol. The molecule has 1 heterocycles. The average molecular weight is 274 g/mol. The van der Waals surface area contributed by atoms with E-state index in [1.54, 1.807) is 6.92 Å². The first kappa shape index (κ1) is 14.2. The summed E-state index contributed by atoms with van der Waals surface area (Å²) >= 11 is 0. The van der Waals surface area contributed by atoms with E-state index in [0.717, 1.165) is 16.7 Å². The molecule has 2 rings (SSSR count). The normalized spacial score (nSPS) is 12.1.